The van der Waals surface area contributed by atoms with E-state index in [1.807, 2.05) is 6.07 Å². The van der Waals surface area contributed by atoms with Crippen LogP contribution in [0.5, 0.6) is 0 Å². The minimum atomic E-state index is 0.880. The van der Waals surface area contributed by atoms with Crippen molar-refractivity contribution >= 4 is 71.6 Å². The maximum atomic E-state index is 6.70. The van der Waals surface area contributed by atoms with E-state index in [2.05, 4.69) is 258 Å². The zero-order chi connectivity index (χ0) is 44.3. The Morgan fingerprint density at radius 2 is 0.836 bits per heavy atom. The number of hydrogen-bond acceptors (Lipinski definition) is 2. The molecule has 0 bridgehead atoms. The Balaban J connectivity index is 1.03. The third kappa shape index (κ3) is 6.43. The van der Waals surface area contributed by atoms with E-state index in [1.54, 1.807) is 0 Å². The molecule has 0 amide bonds. The number of anilines is 3. The fraction of sp³-hybridized carbons (Fsp3) is 0. The van der Waals surface area contributed by atoms with Gasteiger partial charge in [-0.2, -0.15) is 0 Å². The second kappa shape index (κ2) is 16.0. The lowest BCUT2D eigenvalue weighted by atomic mass is 9.94. The number of benzene rings is 11. The molecule has 3 nitrogen and oxygen atoms in total. The molecule has 2 heterocycles. The first-order valence-corrected chi connectivity index (χ1v) is 22.9. The summed E-state index contributed by atoms with van der Waals surface area (Å²) < 4.78 is 9.15. The van der Waals surface area contributed by atoms with Crippen molar-refractivity contribution in [1.82, 2.24) is 4.57 Å². The molecule has 0 atom stereocenters. The molecular weight excluding hydrogens is 813 g/mol. The number of para-hydroxylation sites is 6. The summed E-state index contributed by atoms with van der Waals surface area (Å²) in [4.78, 5) is 2.43. The van der Waals surface area contributed by atoms with Gasteiger partial charge < -0.3 is 13.9 Å². The second-order valence-electron chi connectivity index (χ2n) is 17.2. The van der Waals surface area contributed by atoms with Crippen LogP contribution in [0.25, 0.3) is 105 Å². The molecule has 314 valence electrons. The molecule has 13 rings (SSSR count). The Hall–Kier alpha value is -8.92. The normalized spacial score (nSPS) is 11.6. The van der Waals surface area contributed by atoms with Crippen molar-refractivity contribution in [3.8, 4) is 50.2 Å². The molecular formula is C64H42N2O. The molecule has 2 aromatic heterocycles. The van der Waals surface area contributed by atoms with E-state index in [1.165, 1.54) is 49.3 Å². The van der Waals surface area contributed by atoms with Crippen LogP contribution in [0.15, 0.2) is 259 Å². The Kier molecular flexibility index (Phi) is 9.17. The minimum absolute atomic E-state index is 0.880. The summed E-state index contributed by atoms with van der Waals surface area (Å²) in [5, 5.41) is 7.11. The number of fused-ring (bicyclic) bond motifs is 7. The minimum Gasteiger partial charge on any atom is -0.455 e. The summed E-state index contributed by atoms with van der Waals surface area (Å²) in [5.41, 5.74) is 17.5. The zero-order valence-electron chi connectivity index (χ0n) is 36.6. The van der Waals surface area contributed by atoms with Crippen LogP contribution in [0.3, 0.4) is 0 Å². The predicted molar refractivity (Wildman–Crippen MR) is 282 cm³/mol. The van der Waals surface area contributed by atoms with Crippen LogP contribution in [0.1, 0.15) is 0 Å². The molecule has 0 aliphatic heterocycles. The van der Waals surface area contributed by atoms with E-state index in [0.29, 0.717) is 0 Å². The Morgan fingerprint density at radius 1 is 0.313 bits per heavy atom. The molecule has 0 spiro atoms. The molecule has 11 aromatic carbocycles. The Bertz CT molecular complexity index is 3930. The average molecular weight is 855 g/mol. The fourth-order valence-electron chi connectivity index (χ4n) is 10.4. The quantitative estimate of drug-likeness (QED) is 0.152. The summed E-state index contributed by atoms with van der Waals surface area (Å²) >= 11 is 0. The van der Waals surface area contributed by atoms with Gasteiger partial charge in [0.1, 0.15) is 11.2 Å². The van der Waals surface area contributed by atoms with Gasteiger partial charge in [0, 0.05) is 49.5 Å². The first kappa shape index (κ1) is 38.5. The van der Waals surface area contributed by atoms with Crippen molar-refractivity contribution in [3.05, 3.63) is 255 Å². The average Bonchev–Trinajstić information content (AvgIpc) is 3.95. The molecule has 13 aromatic rings. The number of furan rings is 1. The molecule has 0 unspecified atom stereocenters. The first-order chi connectivity index (χ1) is 33.3. The van der Waals surface area contributed by atoms with E-state index >= 15 is 0 Å². The van der Waals surface area contributed by atoms with Gasteiger partial charge in [0.25, 0.3) is 0 Å². The second-order valence-corrected chi connectivity index (χ2v) is 17.2. The van der Waals surface area contributed by atoms with Gasteiger partial charge in [-0.25, -0.2) is 0 Å². The van der Waals surface area contributed by atoms with Crippen molar-refractivity contribution in [2.75, 3.05) is 4.90 Å². The van der Waals surface area contributed by atoms with E-state index < -0.39 is 0 Å². The highest BCUT2D eigenvalue weighted by Gasteiger charge is 2.24. The van der Waals surface area contributed by atoms with Crippen LogP contribution in [0, 0.1) is 0 Å². The van der Waals surface area contributed by atoms with Crippen LogP contribution in [-0.2, 0) is 0 Å². The lowest BCUT2D eigenvalue weighted by Crippen LogP contribution is -2.12. The molecule has 0 aliphatic carbocycles. The topological polar surface area (TPSA) is 21.3 Å². The molecule has 0 saturated heterocycles. The summed E-state index contributed by atoms with van der Waals surface area (Å²) in [5.74, 6) is 0. The van der Waals surface area contributed by atoms with Gasteiger partial charge in [-0.05, 0) is 81.6 Å². The standard InChI is InChI=1S/C64H42N2O/c1-2-18-43(19-3-1)46-38-41-49(62(42-46)66-60-33-13-7-24-52(60)53-25-8-14-34-61(53)66)45-36-39-47(40-37-45)65(58-31-11-6-23-51(58)50-28-16-21-44-20-4-5-22-48(44)50)59-32-12-9-26-54(59)56-29-17-30-57-55-27-10-15-35-63(55)67-64(56)57/h1-42H. The van der Waals surface area contributed by atoms with Crippen molar-refractivity contribution in [2.24, 2.45) is 0 Å². The third-order valence-electron chi connectivity index (χ3n) is 13.4. The third-order valence-corrected chi connectivity index (χ3v) is 13.4. The predicted octanol–water partition coefficient (Wildman–Crippen LogP) is 18.0. The lowest BCUT2D eigenvalue weighted by Gasteiger charge is -2.30. The summed E-state index contributed by atoms with van der Waals surface area (Å²) in [6.45, 7) is 0. The maximum Gasteiger partial charge on any atom is 0.143 e. The van der Waals surface area contributed by atoms with Gasteiger partial charge in [0.05, 0.1) is 28.1 Å². The molecule has 0 saturated carbocycles. The van der Waals surface area contributed by atoms with Crippen molar-refractivity contribution in [2.45, 2.75) is 0 Å². The smallest absolute Gasteiger partial charge is 0.143 e. The SMILES string of the molecule is c1ccc(-c2ccc(-c3ccc(N(c4ccccc4-c4cccc5ccccc45)c4ccccc4-c4cccc5c4oc4ccccc45)cc3)c(-n3c4ccccc4c4ccccc43)c2)cc1. The largest absolute Gasteiger partial charge is 0.455 e. The molecule has 0 N–H and O–H groups in total. The van der Waals surface area contributed by atoms with Gasteiger partial charge in [0.2, 0.25) is 0 Å². The van der Waals surface area contributed by atoms with E-state index in [0.717, 1.165) is 72.5 Å². The molecule has 0 fully saturated rings. The number of aromatic nitrogens is 1. The zero-order valence-corrected chi connectivity index (χ0v) is 36.6. The molecule has 0 aliphatic rings. The van der Waals surface area contributed by atoms with Crippen molar-refractivity contribution in [1.29, 1.82) is 0 Å². The van der Waals surface area contributed by atoms with E-state index in [4.69, 9.17) is 4.42 Å². The number of nitrogens with zero attached hydrogens (tertiary/aromatic N) is 2. The van der Waals surface area contributed by atoms with Crippen LogP contribution in [0.4, 0.5) is 17.1 Å². The van der Waals surface area contributed by atoms with Gasteiger partial charge in [-0.15, -0.1) is 0 Å². The number of rotatable bonds is 8. The van der Waals surface area contributed by atoms with Crippen LogP contribution in [-0.4, -0.2) is 4.57 Å². The molecule has 3 heteroatoms. The van der Waals surface area contributed by atoms with E-state index in [-0.39, 0.29) is 0 Å². The number of hydrogen-bond donors (Lipinski definition) is 0. The van der Waals surface area contributed by atoms with Crippen molar-refractivity contribution < 1.29 is 4.42 Å². The van der Waals surface area contributed by atoms with Crippen molar-refractivity contribution in [3.63, 3.8) is 0 Å². The van der Waals surface area contributed by atoms with Gasteiger partial charge >= 0.3 is 0 Å². The van der Waals surface area contributed by atoms with Crippen LogP contribution < -0.4 is 4.90 Å². The monoisotopic (exact) mass is 854 g/mol. The van der Waals surface area contributed by atoms with Gasteiger partial charge in [0.15, 0.2) is 0 Å². The highest BCUT2D eigenvalue weighted by Crippen LogP contribution is 2.48. The van der Waals surface area contributed by atoms with Gasteiger partial charge in [-0.1, -0.05) is 206 Å². The summed E-state index contributed by atoms with van der Waals surface area (Å²) in [6.07, 6.45) is 0. The Morgan fingerprint density at radius 3 is 1.58 bits per heavy atom. The van der Waals surface area contributed by atoms with Crippen LogP contribution >= 0.6 is 0 Å². The molecule has 67 heavy (non-hydrogen) atoms. The summed E-state index contributed by atoms with van der Waals surface area (Å²) in [7, 11) is 0. The maximum absolute atomic E-state index is 6.70. The highest BCUT2D eigenvalue weighted by molar-refractivity contribution is 6.12. The molecule has 0 radical (unpaired) electrons. The fourth-order valence-corrected chi connectivity index (χ4v) is 10.4. The first-order valence-electron chi connectivity index (χ1n) is 22.9. The lowest BCUT2D eigenvalue weighted by molar-refractivity contribution is 0.670. The summed E-state index contributed by atoms with van der Waals surface area (Å²) in [6, 6.07) is 92.0. The van der Waals surface area contributed by atoms with E-state index in [9.17, 15) is 0 Å². The highest BCUT2D eigenvalue weighted by atomic mass is 16.3. The van der Waals surface area contributed by atoms with Crippen LogP contribution in [0.2, 0.25) is 0 Å². The Labute approximate surface area is 388 Å². The van der Waals surface area contributed by atoms with Gasteiger partial charge in [-0.3, -0.25) is 0 Å².